The SMILES string of the molecule is CS(=O)(=O)C1CCCC1NCc1ccno1. The Bertz CT molecular complexity index is 427. The van der Waals surface area contributed by atoms with Gasteiger partial charge in [0.2, 0.25) is 0 Å². The summed E-state index contributed by atoms with van der Waals surface area (Å²) in [6.45, 7) is 0.538. The number of sulfone groups is 1. The van der Waals surface area contributed by atoms with Crippen LogP contribution >= 0.6 is 0 Å². The van der Waals surface area contributed by atoms with E-state index in [9.17, 15) is 8.42 Å². The molecule has 0 aromatic carbocycles. The topological polar surface area (TPSA) is 72.2 Å². The lowest BCUT2D eigenvalue weighted by molar-refractivity contribution is 0.362. The number of nitrogens with zero attached hydrogens (tertiary/aromatic N) is 1. The lowest BCUT2D eigenvalue weighted by Gasteiger charge is -2.18. The lowest BCUT2D eigenvalue weighted by Crippen LogP contribution is -2.39. The fourth-order valence-corrected chi connectivity index (χ4v) is 3.66. The Balaban J connectivity index is 1.94. The van der Waals surface area contributed by atoms with Crippen LogP contribution in [0.25, 0.3) is 0 Å². The highest BCUT2D eigenvalue weighted by Crippen LogP contribution is 2.25. The molecular formula is C10H16N2O3S. The van der Waals surface area contributed by atoms with Gasteiger partial charge >= 0.3 is 0 Å². The molecule has 0 bridgehead atoms. The largest absolute Gasteiger partial charge is 0.360 e. The predicted molar refractivity (Wildman–Crippen MR) is 59.6 cm³/mol. The first-order valence-electron chi connectivity index (χ1n) is 5.39. The zero-order chi connectivity index (χ0) is 11.6. The summed E-state index contributed by atoms with van der Waals surface area (Å²) in [4.78, 5) is 0. The normalized spacial score (nSPS) is 26.1. The van der Waals surface area contributed by atoms with Gasteiger partial charge in [-0.2, -0.15) is 0 Å². The van der Waals surface area contributed by atoms with Crippen LogP contribution in [0.2, 0.25) is 0 Å². The molecule has 1 aliphatic rings. The second-order valence-corrected chi connectivity index (χ2v) is 6.53. The van der Waals surface area contributed by atoms with Gasteiger partial charge in [0.05, 0.1) is 18.0 Å². The maximum atomic E-state index is 11.5. The van der Waals surface area contributed by atoms with Crippen LogP contribution in [-0.2, 0) is 16.4 Å². The molecule has 0 spiro atoms. The molecule has 6 heteroatoms. The highest BCUT2D eigenvalue weighted by atomic mass is 32.2. The molecule has 16 heavy (non-hydrogen) atoms. The highest BCUT2D eigenvalue weighted by molar-refractivity contribution is 7.91. The van der Waals surface area contributed by atoms with Crippen LogP contribution in [0, 0.1) is 0 Å². The third-order valence-corrected chi connectivity index (χ3v) is 4.70. The van der Waals surface area contributed by atoms with E-state index >= 15 is 0 Å². The van der Waals surface area contributed by atoms with Crippen molar-refractivity contribution in [2.75, 3.05) is 6.26 Å². The molecule has 0 amide bonds. The van der Waals surface area contributed by atoms with E-state index in [1.165, 1.54) is 6.26 Å². The fourth-order valence-electron chi connectivity index (χ4n) is 2.24. The van der Waals surface area contributed by atoms with Crippen LogP contribution < -0.4 is 5.32 Å². The highest BCUT2D eigenvalue weighted by Gasteiger charge is 2.34. The fraction of sp³-hybridized carbons (Fsp3) is 0.700. The summed E-state index contributed by atoms with van der Waals surface area (Å²) in [6, 6.07) is 1.82. The molecule has 0 saturated heterocycles. The van der Waals surface area contributed by atoms with E-state index in [1.54, 1.807) is 12.3 Å². The molecule has 1 saturated carbocycles. The van der Waals surface area contributed by atoms with E-state index in [1.807, 2.05) is 0 Å². The van der Waals surface area contributed by atoms with Gasteiger partial charge in [0.25, 0.3) is 0 Å². The van der Waals surface area contributed by atoms with Crippen LogP contribution in [0.4, 0.5) is 0 Å². The molecule has 1 aliphatic carbocycles. The molecule has 1 N–H and O–H groups in total. The van der Waals surface area contributed by atoms with E-state index in [0.717, 1.165) is 25.0 Å². The van der Waals surface area contributed by atoms with Crippen molar-refractivity contribution in [3.8, 4) is 0 Å². The molecule has 1 aromatic rings. The lowest BCUT2D eigenvalue weighted by atomic mass is 10.2. The van der Waals surface area contributed by atoms with Crippen molar-refractivity contribution in [3.05, 3.63) is 18.0 Å². The molecule has 1 fully saturated rings. The monoisotopic (exact) mass is 244 g/mol. The van der Waals surface area contributed by atoms with Crippen LogP contribution in [0.1, 0.15) is 25.0 Å². The van der Waals surface area contributed by atoms with Crippen LogP contribution in [0.3, 0.4) is 0 Å². The molecule has 0 aliphatic heterocycles. The smallest absolute Gasteiger partial charge is 0.151 e. The first-order chi connectivity index (χ1) is 7.57. The van der Waals surface area contributed by atoms with Gasteiger partial charge in [0.1, 0.15) is 5.76 Å². The van der Waals surface area contributed by atoms with E-state index < -0.39 is 9.84 Å². The average Bonchev–Trinajstić information content (AvgIpc) is 2.85. The molecule has 2 atom stereocenters. The summed E-state index contributed by atoms with van der Waals surface area (Å²) in [5.74, 6) is 0.735. The van der Waals surface area contributed by atoms with Crippen molar-refractivity contribution in [2.45, 2.75) is 37.1 Å². The van der Waals surface area contributed by atoms with Gasteiger partial charge < -0.3 is 9.84 Å². The third-order valence-electron chi connectivity index (χ3n) is 3.03. The van der Waals surface area contributed by atoms with Crippen LogP contribution in [-0.4, -0.2) is 31.1 Å². The zero-order valence-electron chi connectivity index (χ0n) is 9.22. The Morgan fingerprint density at radius 2 is 2.38 bits per heavy atom. The molecule has 5 nitrogen and oxygen atoms in total. The van der Waals surface area contributed by atoms with Crippen LogP contribution in [0.15, 0.2) is 16.8 Å². The number of aromatic nitrogens is 1. The number of hydrogen-bond acceptors (Lipinski definition) is 5. The molecule has 1 heterocycles. The van der Waals surface area contributed by atoms with Gasteiger partial charge in [-0.3, -0.25) is 0 Å². The number of rotatable bonds is 4. The third kappa shape index (κ3) is 2.62. The van der Waals surface area contributed by atoms with Crippen molar-refractivity contribution in [1.82, 2.24) is 10.5 Å². The Hall–Kier alpha value is -0.880. The molecule has 0 radical (unpaired) electrons. The van der Waals surface area contributed by atoms with Crippen molar-refractivity contribution in [2.24, 2.45) is 0 Å². The van der Waals surface area contributed by atoms with Crippen molar-refractivity contribution in [1.29, 1.82) is 0 Å². The van der Waals surface area contributed by atoms with E-state index in [4.69, 9.17) is 4.52 Å². The maximum absolute atomic E-state index is 11.5. The Morgan fingerprint density at radius 1 is 1.56 bits per heavy atom. The van der Waals surface area contributed by atoms with Crippen LogP contribution in [0.5, 0.6) is 0 Å². The first-order valence-corrected chi connectivity index (χ1v) is 7.34. The summed E-state index contributed by atoms with van der Waals surface area (Å²) in [5.41, 5.74) is 0. The van der Waals surface area contributed by atoms with Gasteiger partial charge in [0, 0.05) is 18.4 Å². The van der Waals surface area contributed by atoms with Gasteiger partial charge in [0.15, 0.2) is 9.84 Å². The van der Waals surface area contributed by atoms with Gasteiger partial charge in [-0.15, -0.1) is 0 Å². The molecule has 90 valence electrons. The molecular weight excluding hydrogens is 228 g/mol. The van der Waals surface area contributed by atoms with Gasteiger partial charge in [-0.25, -0.2) is 8.42 Å². The number of nitrogens with one attached hydrogen (secondary N) is 1. The molecule has 2 rings (SSSR count). The Kier molecular flexibility index (Phi) is 3.30. The quantitative estimate of drug-likeness (QED) is 0.845. The standard InChI is InChI=1S/C10H16N2O3S/c1-16(13,14)10-4-2-3-9(10)11-7-8-5-6-12-15-8/h5-6,9-11H,2-4,7H2,1H3. The van der Waals surface area contributed by atoms with E-state index in [-0.39, 0.29) is 11.3 Å². The second kappa shape index (κ2) is 4.55. The van der Waals surface area contributed by atoms with Crippen molar-refractivity contribution < 1.29 is 12.9 Å². The number of hydrogen-bond donors (Lipinski definition) is 1. The Morgan fingerprint density at radius 3 is 3.00 bits per heavy atom. The van der Waals surface area contributed by atoms with Gasteiger partial charge in [-0.1, -0.05) is 11.6 Å². The average molecular weight is 244 g/mol. The van der Waals surface area contributed by atoms with Crippen molar-refractivity contribution in [3.63, 3.8) is 0 Å². The van der Waals surface area contributed by atoms with Gasteiger partial charge in [-0.05, 0) is 12.8 Å². The predicted octanol–water partition coefficient (Wildman–Crippen LogP) is 0.730. The zero-order valence-corrected chi connectivity index (χ0v) is 10.0. The summed E-state index contributed by atoms with van der Waals surface area (Å²) in [7, 11) is -2.95. The molecule has 2 unspecified atom stereocenters. The minimum absolute atomic E-state index is 0.0418. The Labute approximate surface area is 95.1 Å². The minimum atomic E-state index is -2.95. The molecule has 1 aromatic heterocycles. The summed E-state index contributed by atoms with van der Waals surface area (Å²) < 4.78 is 28.0. The summed E-state index contributed by atoms with van der Waals surface area (Å²) in [6.07, 6.45) is 5.52. The van der Waals surface area contributed by atoms with E-state index in [0.29, 0.717) is 6.54 Å². The first kappa shape index (κ1) is 11.6. The van der Waals surface area contributed by atoms with Crippen molar-refractivity contribution >= 4 is 9.84 Å². The summed E-state index contributed by atoms with van der Waals surface area (Å²) in [5, 5.41) is 6.58. The summed E-state index contributed by atoms with van der Waals surface area (Å²) >= 11 is 0. The maximum Gasteiger partial charge on any atom is 0.151 e. The minimum Gasteiger partial charge on any atom is -0.360 e. The second-order valence-electron chi connectivity index (χ2n) is 4.27. The van der Waals surface area contributed by atoms with E-state index in [2.05, 4.69) is 10.5 Å².